The van der Waals surface area contributed by atoms with Gasteiger partial charge in [-0.3, -0.25) is 29.0 Å². The lowest BCUT2D eigenvalue weighted by atomic mass is 9.98. The summed E-state index contributed by atoms with van der Waals surface area (Å²) in [4.78, 5) is 71.2. The first kappa shape index (κ1) is 35.9. The summed E-state index contributed by atoms with van der Waals surface area (Å²) in [6, 6.07) is 11.7. The fourth-order valence-electron chi connectivity index (χ4n) is 5.56. The highest BCUT2D eigenvalue weighted by Gasteiger charge is 2.40. The van der Waals surface area contributed by atoms with E-state index in [0.29, 0.717) is 50.0 Å². The number of hydrogen-bond donors (Lipinski definition) is 3. The molecule has 4 amide bonds. The lowest BCUT2D eigenvalue weighted by molar-refractivity contribution is -0.142. The van der Waals surface area contributed by atoms with Gasteiger partial charge in [0.15, 0.2) is 0 Å². The molecular weight excluding hydrogens is 614 g/mol. The average molecular weight is 660 g/mol. The van der Waals surface area contributed by atoms with Gasteiger partial charge in [0.2, 0.25) is 29.4 Å². The number of aromatic nitrogens is 3. The number of amides is 4. The van der Waals surface area contributed by atoms with Crippen LogP contribution in [-0.2, 0) is 14.4 Å². The monoisotopic (exact) mass is 659 g/mol. The highest BCUT2D eigenvalue weighted by Crippen LogP contribution is 2.23. The largest absolute Gasteiger partial charge is 0.414 e. The van der Waals surface area contributed by atoms with Crippen molar-refractivity contribution in [1.29, 1.82) is 0 Å². The maximum absolute atomic E-state index is 13.7. The highest BCUT2D eigenvalue weighted by molar-refractivity contribution is 6.00. The molecule has 3 N–H and O–H groups in total. The molecule has 2 aromatic heterocycles. The van der Waals surface area contributed by atoms with E-state index >= 15 is 0 Å². The molecule has 0 bridgehead atoms. The molecule has 1 aliphatic heterocycles. The molecule has 0 spiro atoms. The molecule has 0 aliphatic carbocycles. The van der Waals surface area contributed by atoms with Gasteiger partial charge < -0.3 is 25.3 Å². The molecule has 4 rings (SSSR count). The van der Waals surface area contributed by atoms with Crippen molar-refractivity contribution in [2.45, 2.75) is 84.3 Å². The molecule has 0 radical (unpaired) electrons. The van der Waals surface area contributed by atoms with Gasteiger partial charge in [-0.1, -0.05) is 58.4 Å². The molecule has 1 aromatic carbocycles. The molecule has 3 aromatic rings. The number of rotatable bonds is 16. The van der Waals surface area contributed by atoms with E-state index in [-0.39, 0.29) is 47.8 Å². The molecule has 13 heteroatoms. The van der Waals surface area contributed by atoms with Gasteiger partial charge >= 0.3 is 0 Å². The van der Waals surface area contributed by atoms with Gasteiger partial charge in [0.05, 0.1) is 6.04 Å². The third-order valence-electron chi connectivity index (χ3n) is 8.25. The van der Waals surface area contributed by atoms with Crippen LogP contribution in [-0.4, -0.2) is 80.7 Å². The molecule has 13 nitrogen and oxygen atoms in total. The standard InChI is InChI=1S/C35H45N7O6/c1-22(2)28(30(44)34-41-40-33(48-34)24-14-7-5-8-15-24)39-32(46)26-17-13-21-42(26)35(47)29(23(3)4)38-27(43)18-9-6-11-20-37-31(45)25-16-10-12-19-36-25/h5,7-8,10,12,14-16,19,22-23,26,28-29H,6,9,11,13,17-18,20-21H2,1-4H3,(H,37,45)(H,38,43)(H,39,46)/t26-,28+,29+/m1/s1. The quantitative estimate of drug-likeness (QED) is 0.153. The zero-order valence-electron chi connectivity index (χ0n) is 28.0. The molecule has 48 heavy (non-hydrogen) atoms. The second-order valence-corrected chi connectivity index (χ2v) is 12.6. The number of ketones is 1. The minimum Gasteiger partial charge on any atom is -0.414 e. The van der Waals surface area contributed by atoms with Crippen LogP contribution < -0.4 is 16.0 Å². The van der Waals surface area contributed by atoms with Gasteiger partial charge in [-0.2, -0.15) is 0 Å². The van der Waals surface area contributed by atoms with E-state index < -0.39 is 29.8 Å². The van der Waals surface area contributed by atoms with Crippen LogP contribution in [0.3, 0.4) is 0 Å². The number of likely N-dealkylation sites (tertiary alicyclic amines) is 1. The lowest BCUT2D eigenvalue weighted by Gasteiger charge is -2.31. The summed E-state index contributed by atoms with van der Waals surface area (Å²) in [5, 5.41) is 16.4. The van der Waals surface area contributed by atoms with Crippen LogP contribution >= 0.6 is 0 Å². The highest BCUT2D eigenvalue weighted by atomic mass is 16.4. The van der Waals surface area contributed by atoms with Crippen LogP contribution in [0.15, 0.2) is 59.1 Å². The van der Waals surface area contributed by atoms with E-state index in [2.05, 4.69) is 31.1 Å². The Hall–Kier alpha value is -4.94. The van der Waals surface area contributed by atoms with Crippen LogP contribution in [0.5, 0.6) is 0 Å². The van der Waals surface area contributed by atoms with Crippen molar-refractivity contribution >= 4 is 29.4 Å². The Bertz CT molecular complexity index is 1540. The maximum atomic E-state index is 13.7. The number of hydrogen-bond acceptors (Lipinski definition) is 9. The molecule has 0 unspecified atom stereocenters. The molecular formula is C35H45N7O6. The predicted octanol–water partition coefficient (Wildman–Crippen LogP) is 3.58. The zero-order chi connectivity index (χ0) is 34.6. The van der Waals surface area contributed by atoms with Crippen molar-refractivity contribution < 1.29 is 28.4 Å². The number of carbonyl (C=O) groups is 5. The Kier molecular flexibility index (Phi) is 12.9. The van der Waals surface area contributed by atoms with Crippen LogP contribution in [0.4, 0.5) is 0 Å². The van der Waals surface area contributed by atoms with E-state index in [4.69, 9.17) is 4.42 Å². The normalized spacial score (nSPS) is 15.6. The third kappa shape index (κ3) is 9.55. The topological polar surface area (TPSA) is 176 Å². The number of nitrogens with one attached hydrogen (secondary N) is 3. The Labute approximate surface area is 280 Å². The number of pyridine rings is 1. The second kappa shape index (κ2) is 17.3. The van der Waals surface area contributed by atoms with Gasteiger partial charge in [0, 0.05) is 31.3 Å². The van der Waals surface area contributed by atoms with Gasteiger partial charge in [0.1, 0.15) is 17.8 Å². The van der Waals surface area contributed by atoms with Crippen LogP contribution in [0, 0.1) is 11.8 Å². The molecule has 1 aliphatic rings. The van der Waals surface area contributed by atoms with E-state index in [1.54, 1.807) is 50.4 Å². The van der Waals surface area contributed by atoms with E-state index in [1.165, 1.54) is 4.90 Å². The number of carbonyl (C=O) groups excluding carboxylic acids is 5. The second-order valence-electron chi connectivity index (χ2n) is 12.6. The minimum absolute atomic E-state index is 0.201. The number of benzene rings is 1. The third-order valence-corrected chi connectivity index (χ3v) is 8.25. The fourth-order valence-corrected chi connectivity index (χ4v) is 5.56. The Morgan fingerprint density at radius 3 is 2.29 bits per heavy atom. The van der Waals surface area contributed by atoms with Crippen molar-refractivity contribution in [2.24, 2.45) is 11.8 Å². The summed E-state index contributed by atoms with van der Waals surface area (Å²) in [6.45, 7) is 8.13. The fraction of sp³-hybridized carbons (Fsp3) is 0.486. The Morgan fingerprint density at radius 2 is 1.60 bits per heavy atom. The van der Waals surface area contributed by atoms with Gasteiger partial charge in [-0.25, -0.2) is 0 Å². The number of nitrogens with zero attached hydrogens (tertiary/aromatic N) is 4. The van der Waals surface area contributed by atoms with Crippen molar-refractivity contribution in [3.63, 3.8) is 0 Å². The van der Waals surface area contributed by atoms with E-state index in [0.717, 1.165) is 6.42 Å². The Morgan fingerprint density at radius 1 is 0.875 bits per heavy atom. The number of unbranched alkanes of at least 4 members (excludes halogenated alkanes) is 2. The van der Waals surface area contributed by atoms with E-state index in [1.807, 2.05) is 32.0 Å². The molecule has 3 heterocycles. The van der Waals surface area contributed by atoms with Gasteiger partial charge in [-0.05, 0) is 61.8 Å². The van der Waals surface area contributed by atoms with Gasteiger partial charge in [0.25, 0.3) is 11.8 Å². The van der Waals surface area contributed by atoms with Crippen molar-refractivity contribution in [2.75, 3.05) is 13.1 Å². The average Bonchev–Trinajstić information content (AvgIpc) is 3.79. The summed E-state index contributed by atoms with van der Waals surface area (Å²) in [5.41, 5.74) is 1.03. The molecule has 0 saturated carbocycles. The smallest absolute Gasteiger partial charge is 0.286 e. The Balaban J connectivity index is 1.28. The minimum atomic E-state index is -0.942. The van der Waals surface area contributed by atoms with Crippen molar-refractivity contribution in [3.8, 4) is 11.5 Å². The SMILES string of the molecule is CC(C)[C@H](NC(=O)[C@H]1CCCN1C(=O)[C@@H](NC(=O)CCCCCNC(=O)c1ccccn1)C(C)C)C(=O)c1nnc(-c2ccccc2)o1. The predicted molar refractivity (Wildman–Crippen MR) is 177 cm³/mol. The van der Waals surface area contributed by atoms with Crippen molar-refractivity contribution in [1.82, 2.24) is 36.0 Å². The van der Waals surface area contributed by atoms with Crippen LogP contribution in [0.25, 0.3) is 11.5 Å². The van der Waals surface area contributed by atoms with Crippen LogP contribution in [0.1, 0.15) is 87.4 Å². The lowest BCUT2D eigenvalue weighted by Crippen LogP contribution is -2.57. The molecule has 1 fully saturated rings. The van der Waals surface area contributed by atoms with E-state index in [9.17, 15) is 24.0 Å². The summed E-state index contributed by atoms with van der Waals surface area (Å²) in [5.74, 6) is -2.28. The summed E-state index contributed by atoms with van der Waals surface area (Å²) >= 11 is 0. The van der Waals surface area contributed by atoms with Crippen LogP contribution in [0.2, 0.25) is 0 Å². The number of Topliss-reactive ketones (excluding diaryl/α,β-unsaturated/α-hetero) is 1. The summed E-state index contributed by atoms with van der Waals surface area (Å²) < 4.78 is 5.65. The zero-order valence-corrected chi connectivity index (χ0v) is 28.0. The first-order valence-electron chi connectivity index (χ1n) is 16.6. The maximum Gasteiger partial charge on any atom is 0.286 e. The molecule has 3 atom stereocenters. The van der Waals surface area contributed by atoms with Crippen molar-refractivity contribution in [3.05, 3.63) is 66.3 Å². The summed E-state index contributed by atoms with van der Waals surface area (Å²) in [7, 11) is 0. The first-order chi connectivity index (χ1) is 23.1. The molecule has 1 saturated heterocycles. The first-order valence-corrected chi connectivity index (χ1v) is 16.6. The summed E-state index contributed by atoms with van der Waals surface area (Å²) in [6.07, 6.45) is 4.85. The molecule has 256 valence electrons. The van der Waals surface area contributed by atoms with Gasteiger partial charge in [-0.15, -0.1) is 10.2 Å².